The largest absolute Gasteiger partial charge is 0.448 e. The van der Waals surface area contributed by atoms with Gasteiger partial charge in [-0.25, -0.2) is 4.79 Å². The van der Waals surface area contributed by atoms with E-state index in [1.54, 1.807) is 26.0 Å². The van der Waals surface area contributed by atoms with Gasteiger partial charge in [0.15, 0.2) is 0 Å². The molecule has 15 heavy (non-hydrogen) atoms. The molecule has 1 fully saturated rings. The Kier molecular flexibility index (Phi) is 2.03. The Morgan fingerprint density at radius 3 is 2.80 bits per heavy atom. The molecule has 1 saturated heterocycles. The van der Waals surface area contributed by atoms with Gasteiger partial charge in [0, 0.05) is 12.6 Å². The maximum atomic E-state index is 11.5. The second-order valence-electron chi connectivity index (χ2n) is 4.18. The summed E-state index contributed by atoms with van der Waals surface area (Å²) in [5, 5.41) is 2.30. The molecule has 2 rings (SSSR count). The molecule has 0 spiro atoms. The summed E-state index contributed by atoms with van der Waals surface area (Å²) < 4.78 is 5.13. The topological polar surface area (TPSA) is 62.6 Å². The van der Waals surface area contributed by atoms with Crippen LogP contribution in [-0.4, -0.2) is 18.5 Å². The molecule has 5 heteroatoms. The summed E-state index contributed by atoms with van der Waals surface area (Å²) >= 11 is 0. The van der Waals surface area contributed by atoms with Crippen molar-refractivity contribution in [2.45, 2.75) is 13.8 Å². The van der Waals surface area contributed by atoms with E-state index < -0.39 is 11.4 Å². The Morgan fingerprint density at radius 2 is 2.20 bits per heavy atom. The van der Waals surface area contributed by atoms with E-state index in [-0.39, 0.29) is 5.91 Å². The number of nitrogens with zero attached hydrogens (tertiary/aromatic N) is 1. The average molecular weight is 208 g/mol. The van der Waals surface area contributed by atoms with E-state index >= 15 is 0 Å². The first-order valence-corrected chi connectivity index (χ1v) is 4.67. The lowest BCUT2D eigenvalue weighted by Crippen LogP contribution is -2.58. The van der Waals surface area contributed by atoms with Crippen LogP contribution < -0.4 is 10.2 Å². The molecule has 5 nitrogen and oxygen atoms in total. The van der Waals surface area contributed by atoms with Crippen molar-refractivity contribution in [2.75, 3.05) is 11.4 Å². The third kappa shape index (κ3) is 1.60. The molecule has 0 aromatic carbocycles. The van der Waals surface area contributed by atoms with Gasteiger partial charge in [-0.1, -0.05) is 0 Å². The number of anilines is 1. The molecule has 3 amide bonds. The maximum Gasteiger partial charge on any atom is 0.330 e. The van der Waals surface area contributed by atoms with Gasteiger partial charge in [0.05, 0.1) is 11.7 Å². The molecular formula is C10H12N2O3. The molecule has 80 valence electrons. The monoisotopic (exact) mass is 208 g/mol. The minimum absolute atomic E-state index is 0.254. The van der Waals surface area contributed by atoms with E-state index in [9.17, 15) is 9.59 Å². The lowest BCUT2D eigenvalue weighted by atomic mass is 9.90. The highest BCUT2D eigenvalue weighted by Crippen LogP contribution is 2.26. The van der Waals surface area contributed by atoms with Crippen LogP contribution in [0.2, 0.25) is 0 Å². The number of furan rings is 1. The molecule has 1 aliphatic heterocycles. The highest BCUT2D eigenvalue weighted by Gasteiger charge is 2.39. The van der Waals surface area contributed by atoms with Gasteiger partial charge < -0.3 is 4.42 Å². The van der Waals surface area contributed by atoms with Crippen molar-refractivity contribution >= 4 is 17.8 Å². The number of imide groups is 1. The Labute approximate surface area is 87.0 Å². The molecule has 0 radical (unpaired) electrons. The van der Waals surface area contributed by atoms with Gasteiger partial charge in [-0.3, -0.25) is 15.0 Å². The van der Waals surface area contributed by atoms with E-state index in [1.165, 1.54) is 11.2 Å². The zero-order valence-electron chi connectivity index (χ0n) is 8.61. The first-order valence-electron chi connectivity index (χ1n) is 4.67. The van der Waals surface area contributed by atoms with Gasteiger partial charge in [-0.15, -0.1) is 0 Å². The first-order chi connectivity index (χ1) is 7.00. The SMILES string of the molecule is CC1(C)CN(c2ccco2)C(=O)NC1=O. The number of urea groups is 1. The van der Waals surface area contributed by atoms with Crippen molar-refractivity contribution in [3.05, 3.63) is 18.4 Å². The number of hydrogen-bond acceptors (Lipinski definition) is 3. The summed E-state index contributed by atoms with van der Waals surface area (Å²) in [5.41, 5.74) is -0.597. The van der Waals surface area contributed by atoms with Crippen LogP contribution in [0.4, 0.5) is 10.7 Å². The lowest BCUT2D eigenvalue weighted by Gasteiger charge is -2.35. The van der Waals surface area contributed by atoms with Crippen molar-refractivity contribution in [1.29, 1.82) is 0 Å². The fourth-order valence-corrected chi connectivity index (χ4v) is 1.47. The van der Waals surface area contributed by atoms with Crippen LogP contribution in [-0.2, 0) is 4.79 Å². The predicted molar refractivity (Wildman–Crippen MR) is 53.4 cm³/mol. The summed E-state index contributed by atoms with van der Waals surface area (Å²) in [4.78, 5) is 24.4. The van der Waals surface area contributed by atoms with Gasteiger partial charge in [0.2, 0.25) is 11.8 Å². The van der Waals surface area contributed by atoms with Crippen LogP contribution in [0.15, 0.2) is 22.8 Å². The van der Waals surface area contributed by atoms with E-state index in [0.717, 1.165) is 0 Å². The van der Waals surface area contributed by atoms with Crippen molar-refractivity contribution in [1.82, 2.24) is 5.32 Å². The quantitative estimate of drug-likeness (QED) is 0.758. The molecule has 0 aliphatic carbocycles. The van der Waals surface area contributed by atoms with Crippen LogP contribution >= 0.6 is 0 Å². The minimum atomic E-state index is -0.597. The number of rotatable bonds is 1. The van der Waals surface area contributed by atoms with E-state index in [1.807, 2.05) is 0 Å². The molecule has 1 N–H and O–H groups in total. The summed E-state index contributed by atoms with van der Waals surface area (Å²) in [7, 11) is 0. The Balaban J connectivity index is 2.28. The fourth-order valence-electron chi connectivity index (χ4n) is 1.47. The molecule has 2 heterocycles. The maximum absolute atomic E-state index is 11.5. The van der Waals surface area contributed by atoms with Crippen LogP contribution in [0.25, 0.3) is 0 Å². The lowest BCUT2D eigenvalue weighted by molar-refractivity contribution is -0.128. The summed E-state index contributed by atoms with van der Waals surface area (Å²) in [5.74, 6) is 0.198. The fraction of sp³-hybridized carbons (Fsp3) is 0.400. The summed E-state index contributed by atoms with van der Waals surface area (Å²) in [6, 6.07) is 2.95. The second-order valence-corrected chi connectivity index (χ2v) is 4.18. The second kappa shape index (κ2) is 3.12. The highest BCUT2D eigenvalue weighted by atomic mass is 16.3. The molecule has 0 saturated carbocycles. The van der Waals surface area contributed by atoms with Crippen LogP contribution in [0, 0.1) is 5.41 Å². The minimum Gasteiger partial charge on any atom is -0.448 e. The molecule has 1 aromatic heterocycles. The summed E-state index contributed by atoms with van der Waals surface area (Å²) in [6.07, 6.45) is 1.49. The third-order valence-electron chi connectivity index (χ3n) is 2.41. The number of carbonyl (C=O) groups is 2. The van der Waals surface area contributed by atoms with E-state index in [4.69, 9.17) is 4.42 Å². The highest BCUT2D eigenvalue weighted by molar-refractivity contribution is 6.07. The summed E-state index contributed by atoms with van der Waals surface area (Å²) in [6.45, 7) is 3.89. The standard InChI is InChI=1S/C10H12N2O3/c1-10(2)6-12(7-4-3-5-15-7)9(14)11-8(10)13/h3-5H,6H2,1-2H3,(H,11,13,14). The Morgan fingerprint density at radius 1 is 1.47 bits per heavy atom. The smallest absolute Gasteiger partial charge is 0.330 e. The molecular weight excluding hydrogens is 196 g/mol. The van der Waals surface area contributed by atoms with E-state index in [0.29, 0.717) is 12.4 Å². The van der Waals surface area contributed by atoms with E-state index in [2.05, 4.69) is 5.32 Å². The van der Waals surface area contributed by atoms with Gasteiger partial charge in [-0.05, 0) is 19.9 Å². The molecule has 0 atom stereocenters. The van der Waals surface area contributed by atoms with Gasteiger partial charge in [0.25, 0.3) is 0 Å². The van der Waals surface area contributed by atoms with Crippen LogP contribution in [0.5, 0.6) is 0 Å². The average Bonchev–Trinajstić information content (AvgIpc) is 2.64. The molecule has 0 bridgehead atoms. The number of nitrogens with one attached hydrogen (secondary N) is 1. The normalized spacial score (nSPS) is 20.3. The zero-order valence-corrected chi connectivity index (χ0v) is 8.61. The number of hydrogen-bond donors (Lipinski definition) is 1. The van der Waals surface area contributed by atoms with Crippen molar-refractivity contribution in [2.24, 2.45) is 5.41 Å². The third-order valence-corrected chi connectivity index (χ3v) is 2.41. The Bertz CT molecular complexity index is 395. The molecule has 1 aromatic rings. The first kappa shape index (κ1) is 9.76. The van der Waals surface area contributed by atoms with Gasteiger partial charge in [0.1, 0.15) is 0 Å². The Hall–Kier alpha value is -1.78. The van der Waals surface area contributed by atoms with Gasteiger partial charge >= 0.3 is 6.03 Å². The van der Waals surface area contributed by atoms with Crippen LogP contribution in [0.1, 0.15) is 13.8 Å². The van der Waals surface area contributed by atoms with Crippen molar-refractivity contribution < 1.29 is 14.0 Å². The van der Waals surface area contributed by atoms with Crippen LogP contribution in [0.3, 0.4) is 0 Å². The zero-order chi connectivity index (χ0) is 11.1. The van der Waals surface area contributed by atoms with Crippen molar-refractivity contribution in [3.63, 3.8) is 0 Å². The molecule has 1 aliphatic rings. The molecule has 0 unspecified atom stereocenters. The van der Waals surface area contributed by atoms with Crippen molar-refractivity contribution in [3.8, 4) is 0 Å². The predicted octanol–water partition coefficient (Wildman–Crippen LogP) is 1.36. The number of amides is 3. The number of carbonyl (C=O) groups excluding carboxylic acids is 2. The van der Waals surface area contributed by atoms with Gasteiger partial charge in [-0.2, -0.15) is 0 Å².